The number of thioether (sulfide) groups is 1. The molecule has 2 heterocycles. The van der Waals surface area contributed by atoms with Gasteiger partial charge >= 0.3 is 5.97 Å². The third-order valence-corrected chi connectivity index (χ3v) is 6.91. The number of allylic oxidation sites excluding steroid dienone is 2. The first kappa shape index (κ1) is 23.6. The van der Waals surface area contributed by atoms with Gasteiger partial charge in [0, 0.05) is 5.75 Å². The largest absolute Gasteiger partial charge is 0.497 e. The summed E-state index contributed by atoms with van der Waals surface area (Å²) in [5, 5.41) is 2.49. The number of nitrogens with zero attached hydrogens (tertiary/aromatic N) is 1. The first-order valence-electron chi connectivity index (χ1n) is 11.0. The van der Waals surface area contributed by atoms with Gasteiger partial charge in [-0.05, 0) is 35.8 Å². The molecule has 0 saturated carbocycles. The Morgan fingerprint density at radius 3 is 2.53 bits per heavy atom. The summed E-state index contributed by atoms with van der Waals surface area (Å²) in [6.45, 7) is 1.93. The minimum atomic E-state index is -0.669. The first-order chi connectivity index (χ1) is 16.5. The third-order valence-electron chi connectivity index (χ3n) is 5.61. The van der Waals surface area contributed by atoms with Crippen LogP contribution < -0.4 is 10.1 Å². The fourth-order valence-corrected chi connectivity index (χ4v) is 5.22. The molecule has 7 nitrogen and oxygen atoms in total. The summed E-state index contributed by atoms with van der Waals surface area (Å²) in [6, 6.07) is 15.9. The summed E-state index contributed by atoms with van der Waals surface area (Å²) in [7, 11) is 1.59. The van der Waals surface area contributed by atoms with E-state index in [1.807, 2.05) is 61.5 Å². The lowest BCUT2D eigenvalue weighted by atomic mass is 10.0. The van der Waals surface area contributed by atoms with Crippen LogP contribution in [0.4, 0.5) is 0 Å². The molecule has 1 fully saturated rings. The summed E-state index contributed by atoms with van der Waals surface area (Å²) >= 11 is 1.52. The molecule has 2 amide bonds. The van der Waals surface area contributed by atoms with Crippen molar-refractivity contribution in [1.29, 1.82) is 0 Å². The zero-order valence-electron chi connectivity index (χ0n) is 19.0. The van der Waals surface area contributed by atoms with Crippen molar-refractivity contribution in [3.63, 3.8) is 0 Å². The quantitative estimate of drug-likeness (QED) is 0.463. The Labute approximate surface area is 202 Å². The van der Waals surface area contributed by atoms with Crippen LogP contribution in [0.2, 0.25) is 0 Å². The number of amides is 2. The fourth-order valence-electron chi connectivity index (χ4n) is 3.91. The maximum absolute atomic E-state index is 13.1. The van der Waals surface area contributed by atoms with Gasteiger partial charge in [0.05, 0.1) is 13.5 Å². The average molecular weight is 479 g/mol. The number of carbonyl (C=O) groups is 3. The lowest BCUT2D eigenvalue weighted by molar-refractivity contribution is -0.153. The minimum absolute atomic E-state index is 0.0759. The van der Waals surface area contributed by atoms with E-state index in [-0.39, 0.29) is 35.9 Å². The summed E-state index contributed by atoms with van der Waals surface area (Å²) in [5.74, 6) is 0.161. The molecule has 0 unspecified atom stereocenters. The van der Waals surface area contributed by atoms with Crippen molar-refractivity contribution in [2.45, 2.75) is 31.4 Å². The molecule has 0 spiro atoms. The van der Waals surface area contributed by atoms with Gasteiger partial charge in [0.15, 0.2) is 0 Å². The maximum atomic E-state index is 13.1. The number of ether oxygens (including phenoxy) is 2. The molecule has 0 radical (unpaired) electrons. The zero-order chi connectivity index (χ0) is 24.1. The number of carbonyl (C=O) groups excluding carboxylic acids is 3. The van der Waals surface area contributed by atoms with Crippen molar-refractivity contribution in [2.75, 3.05) is 12.9 Å². The highest BCUT2D eigenvalue weighted by molar-refractivity contribution is 8.00. The predicted molar refractivity (Wildman–Crippen MR) is 130 cm³/mol. The van der Waals surface area contributed by atoms with Crippen molar-refractivity contribution in [3.05, 3.63) is 89.1 Å². The molecule has 2 aliphatic rings. The van der Waals surface area contributed by atoms with Gasteiger partial charge in [-0.15, -0.1) is 11.8 Å². The smallest absolute Gasteiger partial charge is 0.355 e. The molecular formula is C26H26N2O5S. The molecule has 4 rings (SSSR count). The van der Waals surface area contributed by atoms with Crippen molar-refractivity contribution < 1.29 is 23.9 Å². The number of methoxy groups -OCH3 is 1. The summed E-state index contributed by atoms with van der Waals surface area (Å²) in [5.41, 5.74) is 2.66. The van der Waals surface area contributed by atoms with Gasteiger partial charge < -0.3 is 14.8 Å². The molecule has 8 heteroatoms. The standard InChI is InChI=1S/C26H26N2O5S/c1-3-7-19-16-34-25-22(27-21(29)14-17-8-5-4-6-9-17)24(30)28(25)23(19)26(31)33-15-18-10-12-20(32-2)13-11-18/h3-13,22,25H,14-16H2,1-2H3,(H,27,29)/b7-3-/t22-,25-/m0/s1. The van der Waals surface area contributed by atoms with E-state index in [9.17, 15) is 14.4 Å². The van der Waals surface area contributed by atoms with E-state index in [0.717, 1.165) is 16.7 Å². The number of hydrogen-bond acceptors (Lipinski definition) is 6. The van der Waals surface area contributed by atoms with Crippen molar-refractivity contribution >= 4 is 29.5 Å². The Bertz CT molecular complexity index is 1130. The highest BCUT2D eigenvalue weighted by Gasteiger charge is 2.54. The molecule has 176 valence electrons. The van der Waals surface area contributed by atoms with Crippen LogP contribution in [0.15, 0.2) is 78.0 Å². The monoisotopic (exact) mass is 478 g/mol. The number of hydrogen-bond donors (Lipinski definition) is 1. The highest BCUT2D eigenvalue weighted by atomic mass is 32.2. The number of rotatable bonds is 8. The Hall–Kier alpha value is -3.52. The molecule has 0 aromatic heterocycles. The molecule has 2 aliphatic heterocycles. The van der Waals surface area contributed by atoms with Crippen molar-refractivity contribution in [2.24, 2.45) is 0 Å². The van der Waals surface area contributed by atoms with Crippen LogP contribution in [0.3, 0.4) is 0 Å². The number of esters is 1. The van der Waals surface area contributed by atoms with Crippen LogP contribution in [0.5, 0.6) is 5.75 Å². The summed E-state index contributed by atoms with van der Waals surface area (Å²) in [4.78, 5) is 40.0. The molecule has 2 atom stereocenters. The second-order valence-corrected chi connectivity index (χ2v) is 9.02. The fraction of sp³-hybridized carbons (Fsp3) is 0.269. The lowest BCUT2D eigenvalue weighted by Gasteiger charge is -2.49. The normalized spacial score (nSPS) is 19.5. The molecule has 2 aromatic carbocycles. The van der Waals surface area contributed by atoms with E-state index < -0.39 is 12.0 Å². The molecule has 0 bridgehead atoms. The SMILES string of the molecule is C/C=C\C1=C(C(=O)OCc2ccc(OC)cc2)N2C(=O)[C@H](NC(=O)Cc3ccccc3)[C@@H]2SC1. The molecule has 0 aliphatic carbocycles. The molecule has 1 saturated heterocycles. The van der Waals surface area contributed by atoms with Gasteiger partial charge in [0.25, 0.3) is 5.91 Å². The van der Waals surface area contributed by atoms with Crippen molar-refractivity contribution in [1.82, 2.24) is 10.2 Å². The third kappa shape index (κ3) is 5.02. The minimum Gasteiger partial charge on any atom is -0.497 e. The van der Waals surface area contributed by atoms with Crippen LogP contribution in [0.25, 0.3) is 0 Å². The Morgan fingerprint density at radius 1 is 1.12 bits per heavy atom. The Kier molecular flexibility index (Phi) is 7.37. The van der Waals surface area contributed by atoms with E-state index in [0.29, 0.717) is 11.5 Å². The number of fused-ring (bicyclic) bond motifs is 1. The van der Waals surface area contributed by atoms with E-state index >= 15 is 0 Å². The lowest BCUT2D eigenvalue weighted by Crippen LogP contribution is -2.70. The van der Waals surface area contributed by atoms with E-state index in [1.54, 1.807) is 19.2 Å². The van der Waals surface area contributed by atoms with Crippen LogP contribution in [-0.4, -0.2) is 47.0 Å². The average Bonchev–Trinajstić information content (AvgIpc) is 2.86. The molecule has 2 aromatic rings. The molecular weight excluding hydrogens is 452 g/mol. The summed E-state index contributed by atoms with van der Waals surface area (Å²) in [6.07, 6.45) is 3.84. The zero-order valence-corrected chi connectivity index (χ0v) is 19.8. The Morgan fingerprint density at radius 2 is 1.85 bits per heavy atom. The van der Waals surface area contributed by atoms with E-state index in [1.165, 1.54) is 16.7 Å². The maximum Gasteiger partial charge on any atom is 0.355 e. The topological polar surface area (TPSA) is 84.9 Å². The molecule has 1 N–H and O–H groups in total. The highest BCUT2D eigenvalue weighted by Crippen LogP contribution is 2.41. The van der Waals surface area contributed by atoms with Gasteiger partial charge in [-0.2, -0.15) is 0 Å². The van der Waals surface area contributed by atoms with Gasteiger partial charge in [-0.1, -0.05) is 54.6 Å². The molecule has 34 heavy (non-hydrogen) atoms. The van der Waals surface area contributed by atoms with Gasteiger partial charge in [0.2, 0.25) is 5.91 Å². The second kappa shape index (κ2) is 10.6. The van der Waals surface area contributed by atoms with E-state index in [2.05, 4.69) is 5.32 Å². The van der Waals surface area contributed by atoms with Crippen LogP contribution >= 0.6 is 11.8 Å². The number of benzene rings is 2. The van der Waals surface area contributed by atoms with Crippen LogP contribution in [0.1, 0.15) is 18.1 Å². The first-order valence-corrected chi connectivity index (χ1v) is 12.0. The van der Waals surface area contributed by atoms with Crippen LogP contribution in [0, 0.1) is 0 Å². The number of nitrogens with one attached hydrogen (secondary N) is 1. The van der Waals surface area contributed by atoms with Crippen molar-refractivity contribution in [3.8, 4) is 5.75 Å². The predicted octanol–water partition coefficient (Wildman–Crippen LogP) is 3.21. The number of β-lactam (4-membered cyclic amide) rings is 1. The van der Waals surface area contributed by atoms with Gasteiger partial charge in [0.1, 0.15) is 29.5 Å². The van der Waals surface area contributed by atoms with Crippen LogP contribution in [-0.2, 0) is 32.1 Å². The Balaban J connectivity index is 1.44. The second-order valence-electron chi connectivity index (χ2n) is 7.92. The van der Waals surface area contributed by atoms with E-state index in [4.69, 9.17) is 9.47 Å². The van der Waals surface area contributed by atoms with Gasteiger partial charge in [-0.25, -0.2) is 4.79 Å². The van der Waals surface area contributed by atoms with Gasteiger partial charge in [-0.3, -0.25) is 14.5 Å². The summed E-state index contributed by atoms with van der Waals surface area (Å²) < 4.78 is 10.7.